The quantitative estimate of drug-likeness (QED) is 0.726. The summed E-state index contributed by atoms with van der Waals surface area (Å²) in [5.74, 6) is 0.630. The molecule has 0 bridgehead atoms. The number of aryl methyl sites for hydroxylation is 1. The number of hydrogen-bond acceptors (Lipinski definition) is 2. The predicted octanol–water partition coefficient (Wildman–Crippen LogP) is 4.59. The Labute approximate surface area is 121 Å². The van der Waals surface area contributed by atoms with Gasteiger partial charge in [0, 0.05) is 6.20 Å². The summed E-state index contributed by atoms with van der Waals surface area (Å²) in [5.41, 5.74) is 4.64. The monoisotopic (exact) mass is 266 g/mol. The molecule has 0 aliphatic heterocycles. The second kappa shape index (κ2) is 6.99. The second-order valence-corrected chi connectivity index (χ2v) is 5.39. The standard InChI is InChI=1S/C18H22N2/c1-4-15-8-7-9-16(12-14(2)3)18(15)20-13-17-10-5-6-11-19-17/h5-11,13-14H,4,12H2,1-3H3. The summed E-state index contributed by atoms with van der Waals surface area (Å²) in [5, 5.41) is 0. The lowest BCUT2D eigenvalue weighted by molar-refractivity contribution is 0.647. The minimum absolute atomic E-state index is 0.630. The van der Waals surface area contributed by atoms with Crippen LogP contribution in [0.25, 0.3) is 0 Å². The Morgan fingerprint density at radius 3 is 2.55 bits per heavy atom. The molecule has 0 atom stereocenters. The number of benzene rings is 1. The van der Waals surface area contributed by atoms with Gasteiger partial charge in [-0.25, -0.2) is 0 Å². The van der Waals surface area contributed by atoms with Crippen molar-refractivity contribution in [2.45, 2.75) is 33.6 Å². The normalized spacial score (nSPS) is 11.4. The molecule has 1 aromatic heterocycles. The summed E-state index contributed by atoms with van der Waals surface area (Å²) < 4.78 is 0. The Bertz CT molecular complexity index is 571. The first-order valence-corrected chi connectivity index (χ1v) is 7.26. The molecule has 1 heterocycles. The third-order valence-corrected chi connectivity index (χ3v) is 3.23. The topological polar surface area (TPSA) is 25.2 Å². The first-order chi connectivity index (χ1) is 9.70. The van der Waals surface area contributed by atoms with E-state index in [0.29, 0.717) is 5.92 Å². The number of rotatable bonds is 5. The third-order valence-electron chi connectivity index (χ3n) is 3.23. The van der Waals surface area contributed by atoms with Crippen LogP contribution in [0.2, 0.25) is 0 Å². The van der Waals surface area contributed by atoms with E-state index < -0.39 is 0 Å². The number of para-hydroxylation sites is 1. The summed E-state index contributed by atoms with van der Waals surface area (Å²) in [4.78, 5) is 9.00. The van der Waals surface area contributed by atoms with Gasteiger partial charge in [0.2, 0.25) is 0 Å². The van der Waals surface area contributed by atoms with Crippen LogP contribution in [0.3, 0.4) is 0 Å². The molecule has 0 aliphatic rings. The third kappa shape index (κ3) is 3.77. The van der Waals surface area contributed by atoms with Crippen LogP contribution < -0.4 is 0 Å². The van der Waals surface area contributed by atoms with Gasteiger partial charge in [-0.15, -0.1) is 0 Å². The highest BCUT2D eigenvalue weighted by Gasteiger charge is 2.07. The highest BCUT2D eigenvalue weighted by atomic mass is 14.8. The van der Waals surface area contributed by atoms with Crippen molar-refractivity contribution in [3.8, 4) is 0 Å². The minimum Gasteiger partial charge on any atom is -0.255 e. The fourth-order valence-corrected chi connectivity index (χ4v) is 2.28. The van der Waals surface area contributed by atoms with Crippen LogP contribution >= 0.6 is 0 Å². The molecule has 0 saturated carbocycles. The average molecular weight is 266 g/mol. The lowest BCUT2D eigenvalue weighted by Gasteiger charge is -2.12. The Hall–Kier alpha value is -1.96. The van der Waals surface area contributed by atoms with Gasteiger partial charge in [-0.1, -0.05) is 45.0 Å². The Morgan fingerprint density at radius 1 is 1.10 bits per heavy atom. The van der Waals surface area contributed by atoms with Crippen LogP contribution in [0.5, 0.6) is 0 Å². The molecule has 0 unspecified atom stereocenters. The first-order valence-electron chi connectivity index (χ1n) is 7.26. The van der Waals surface area contributed by atoms with E-state index in [9.17, 15) is 0 Å². The SMILES string of the molecule is CCc1cccc(CC(C)C)c1N=Cc1ccccn1. The van der Waals surface area contributed by atoms with Crippen LogP contribution in [0.4, 0.5) is 5.69 Å². The maximum atomic E-state index is 4.71. The van der Waals surface area contributed by atoms with Gasteiger partial charge in [-0.05, 0) is 42.0 Å². The summed E-state index contributed by atoms with van der Waals surface area (Å²) in [7, 11) is 0. The molecule has 2 heteroatoms. The first kappa shape index (κ1) is 14.4. The Balaban J connectivity index is 2.35. The van der Waals surface area contributed by atoms with Crippen molar-refractivity contribution >= 4 is 11.9 Å². The largest absolute Gasteiger partial charge is 0.255 e. The van der Waals surface area contributed by atoms with E-state index in [-0.39, 0.29) is 0 Å². The lowest BCUT2D eigenvalue weighted by Crippen LogP contribution is -1.97. The zero-order valence-electron chi connectivity index (χ0n) is 12.5. The molecular formula is C18H22N2. The lowest BCUT2D eigenvalue weighted by atomic mass is 9.97. The van der Waals surface area contributed by atoms with E-state index in [1.54, 1.807) is 6.20 Å². The van der Waals surface area contributed by atoms with Crippen molar-refractivity contribution in [1.82, 2.24) is 4.98 Å². The zero-order valence-corrected chi connectivity index (χ0v) is 12.5. The smallest absolute Gasteiger partial charge is 0.0812 e. The van der Waals surface area contributed by atoms with Gasteiger partial charge < -0.3 is 0 Å². The van der Waals surface area contributed by atoms with Crippen molar-refractivity contribution < 1.29 is 0 Å². The maximum Gasteiger partial charge on any atom is 0.0812 e. The van der Waals surface area contributed by atoms with Crippen LogP contribution in [-0.4, -0.2) is 11.2 Å². The average Bonchev–Trinajstić information content (AvgIpc) is 2.46. The van der Waals surface area contributed by atoms with Crippen LogP contribution in [-0.2, 0) is 12.8 Å². The number of aromatic nitrogens is 1. The molecule has 0 N–H and O–H groups in total. The van der Waals surface area contributed by atoms with Gasteiger partial charge in [-0.3, -0.25) is 9.98 Å². The molecule has 0 aliphatic carbocycles. The van der Waals surface area contributed by atoms with Crippen molar-refractivity contribution in [2.24, 2.45) is 10.9 Å². The van der Waals surface area contributed by atoms with Gasteiger partial charge in [0.15, 0.2) is 0 Å². The predicted molar refractivity (Wildman–Crippen MR) is 85.9 cm³/mol. The molecule has 0 fully saturated rings. The zero-order chi connectivity index (χ0) is 14.4. The van der Waals surface area contributed by atoms with Crippen LogP contribution in [0.15, 0.2) is 47.6 Å². The number of hydrogen-bond donors (Lipinski definition) is 0. The molecule has 104 valence electrons. The number of pyridine rings is 1. The van der Waals surface area contributed by atoms with Crippen LogP contribution in [0.1, 0.15) is 37.6 Å². The molecule has 2 rings (SSSR count). The molecule has 0 spiro atoms. The van der Waals surface area contributed by atoms with E-state index in [1.807, 2.05) is 24.4 Å². The summed E-state index contributed by atoms with van der Waals surface area (Å²) in [6, 6.07) is 12.4. The highest BCUT2D eigenvalue weighted by molar-refractivity contribution is 5.80. The Morgan fingerprint density at radius 2 is 1.90 bits per heavy atom. The summed E-state index contributed by atoms with van der Waals surface area (Å²) >= 11 is 0. The van der Waals surface area contributed by atoms with Gasteiger partial charge in [0.1, 0.15) is 0 Å². The van der Waals surface area contributed by atoms with Crippen molar-refractivity contribution in [3.63, 3.8) is 0 Å². The molecule has 0 radical (unpaired) electrons. The summed E-state index contributed by atoms with van der Waals surface area (Å²) in [6.45, 7) is 6.66. The van der Waals surface area contributed by atoms with E-state index in [4.69, 9.17) is 4.99 Å². The van der Waals surface area contributed by atoms with Crippen molar-refractivity contribution in [2.75, 3.05) is 0 Å². The number of aliphatic imine (C=N–C) groups is 1. The van der Waals surface area contributed by atoms with E-state index in [1.165, 1.54) is 11.1 Å². The summed E-state index contributed by atoms with van der Waals surface area (Å²) in [6.07, 6.45) is 5.71. The highest BCUT2D eigenvalue weighted by Crippen LogP contribution is 2.27. The molecule has 0 amide bonds. The maximum absolute atomic E-state index is 4.71. The fourth-order valence-electron chi connectivity index (χ4n) is 2.28. The fraction of sp³-hybridized carbons (Fsp3) is 0.333. The van der Waals surface area contributed by atoms with E-state index in [0.717, 1.165) is 24.2 Å². The van der Waals surface area contributed by atoms with Crippen molar-refractivity contribution in [1.29, 1.82) is 0 Å². The van der Waals surface area contributed by atoms with Gasteiger partial charge >= 0.3 is 0 Å². The minimum atomic E-state index is 0.630. The molecule has 0 saturated heterocycles. The molecule has 2 nitrogen and oxygen atoms in total. The van der Waals surface area contributed by atoms with Gasteiger partial charge in [0.25, 0.3) is 0 Å². The van der Waals surface area contributed by atoms with Gasteiger partial charge in [-0.2, -0.15) is 0 Å². The van der Waals surface area contributed by atoms with E-state index in [2.05, 4.69) is 44.0 Å². The molecule has 20 heavy (non-hydrogen) atoms. The van der Waals surface area contributed by atoms with Crippen molar-refractivity contribution in [3.05, 3.63) is 59.4 Å². The van der Waals surface area contributed by atoms with Crippen LogP contribution in [0, 0.1) is 5.92 Å². The molecule has 1 aromatic carbocycles. The molecule has 2 aromatic rings. The second-order valence-electron chi connectivity index (χ2n) is 5.39. The van der Waals surface area contributed by atoms with E-state index >= 15 is 0 Å². The molecular weight excluding hydrogens is 244 g/mol. The Kier molecular flexibility index (Phi) is 5.05. The van der Waals surface area contributed by atoms with Gasteiger partial charge in [0.05, 0.1) is 17.6 Å². The number of nitrogens with zero attached hydrogens (tertiary/aromatic N) is 2.